The van der Waals surface area contributed by atoms with Crippen LogP contribution in [0.1, 0.15) is 24.8 Å². The second-order valence-corrected chi connectivity index (χ2v) is 4.25. The molecular weight excluding hydrogens is 209 g/mol. The summed E-state index contributed by atoms with van der Waals surface area (Å²) in [6, 6.07) is 6.44. The zero-order valence-corrected chi connectivity index (χ0v) is 9.39. The molecule has 0 spiro atoms. The molecule has 0 amide bonds. The average molecular weight is 223 g/mol. The minimum Gasteiger partial charge on any atom is -0.362 e. The normalized spacial score (nSPS) is 16.5. The van der Waals surface area contributed by atoms with Crippen molar-refractivity contribution in [1.29, 1.82) is 0 Å². The third-order valence-electron chi connectivity index (χ3n) is 2.73. The quantitative estimate of drug-likeness (QED) is 0.673. The molecule has 0 atom stereocenters. The Hall–Kier alpha value is -0.960. The molecule has 0 radical (unpaired) electrons. The maximum atomic E-state index is 12.7. The molecule has 0 N–H and O–H groups in total. The molecule has 80 valence electrons. The van der Waals surface area contributed by atoms with E-state index in [1.54, 1.807) is 12.1 Å². The molecule has 0 saturated carbocycles. The predicted octanol–water partition coefficient (Wildman–Crippen LogP) is 2.99. The lowest BCUT2D eigenvalue weighted by molar-refractivity contribution is 0.347. The Morgan fingerprint density at radius 2 is 1.67 bits per heavy atom. The molecule has 1 aliphatic heterocycles. The maximum Gasteiger partial charge on any atom is 0.123 e. The number of halogens is 1. The third-order valence-corrected chi connectivity index (χ3v) is 3.23. The van der Waals surface area contributed by atoms with Crippen LogP contribution in [-0.2, 0) is 0 Å². The van der Waals surface area contributed by atoms with Gasteiger partial charge in [0.15, 0.2) is 0 Å². The fourth-order valence-corrected chi connectivity index (χ4v) is 2.19. The van der Waals surface area contributed by atoms with E-state index in [0.717, 1.165) is 23.6 Å². The molecule has 1 saturated heterocycles. The van der Waals surface area contributed by atoms with Gasteiger partial charge in [0.1, 0.15) is 10.8 Å². The van der Waals surface area contributed by atoms with Crippen molar-refractivity contribution < 1.29 is 4.39 Å². The summed E-state index contributed by atoms with van der Waals surface area (Å²) in [5, 5.41) is 0. The largest absolute Gasteiger partial charge is 0.362 e. The van der Waals surface area contributed by atoms with Crippen molar-refractivity contribution in [1.82, 2.24) is 4.90 Å². The lowest BCUT2D eigenvalue weighted by Crippen LogP contribution is -2.34. The third kappa shape index (κ3) is 2.53. The SMILES string of the molecule is Fc1ccc(C(=S)N2CCCCC2)cc1. The number of rotatable bonds is 1. The Kier molecular flexibility index (Phi) is 3.31. The van der Waals surface area contributed by atoms with E-state index in [9.17, 15) is 4.39 Å². The van der Waals surface area contributed by atoms with Crippen molar-refractivity contribution in [2.75, 3.05) is 13.1 Å². The summed E-state index contributed by atoms with van der Waals surface area (Å²) in [4.78, 5) is 3.07. The summed E-state index contributed by atoms with van der Waals surface area (Å²) in [7, 11) is 0. The van der Waals surface area contributed by atoms with Crippen LogP contribution in [0.2, 0.25) is 0 Å². The van der Waals surface area contributed by atoms with Gasteiger partial charge in [0.05, 0.1) is 0 Å². The molecule has 1 heterocycles. The smallest absolute Gasteiger partial charge is 0.123 e. The van der Waals surface area contributed by atoms with Gasteiger partial charge in [0, 0.05) is 18.7 Å². The Labute approximate surface area is 94.9 Å². The molecular formula is C12H14FNS. The summed E-state index contributed by atoms with van der Waals surface area (Å²) in [6.45, 7) is 2.08. The molecule has 1 aliphatic rings. The number of thiocarbonyl (C=S) groups is 1. The number of benzene rings is 1. The first-order valence-corrected chi connectivity index (χ1v) is 5.73. The zero-order valence-electron chi connectivity index (χ0n) is 8.58. The zero-order chi connectivity index (χ0) is 10.7. The van der Waals surface area contributed by atoms with E-state index in [2.05, 4.69) is 4.90 Å². The summed E-state index contributed by atoms with van der Waals surface area (Å²) in [6.07, 6.45) is 3.71. The Balaban J connectivity index is 2.09. The topological polar surface area (TPSA) is 3.24 Å². The predicted molar refractivity (Wildman–Crippen MR) is 63.5 cm³/mol. The van der Waals surface area contributed by atoms with Crippen molar-refractivity contribution in [3.8, 4) is 0 Å². The first-order valence-electron chi connectivity index (χ1n) is 5.32. The fraction of sp³-hybridized carbons (Fsp3) is 0.417. The Morgan fingerprint density at radius 3 is 2.27 bits per heavy atom. The van der Waals surface area contributed by atoms with E-state index in [0.29, 0.717) is 0 Å². The first-order chi connectivity index (χ1) is 7.27. The standard InChI is InChI=1S/C12H14FNS/c13-11-6-4-10(5-7-11)12(15)14-8-2-1-3-9-14/h4-7H,1-3,8-9H2. The van der Waals surface area contributed by atoms with Crippen LogP contribution in [0.25, 0.3) is 0 Å². The first kappa shape index (κ1) is 10.6. The van der Waals surface area contributed by atoms with Gasteiger partial charge in [0.2, 0.25) is 0 Å². The monoisotopic (exact) mass is 223 g/mol. The van der Waals surface area contributed by atoms with E-state index in [4.69, 9.17) is 12.2 Å². The minimum absolute atomic E-state index is 0.208. The lowest BCUT2D eigenvalue weighted by Gasteiger charge is -2.29. The van der Waals surface area contributed by atoms with Gasteiger partial charge >= 0.3 is 0 Å². The molecule has 15 heavy (non-hydrogen) atoms. The van der Waals surface area contributed by atoms with Gasteiger partial charge in [0.25, 0.3) is 0 Å². The van der Waals surface area contributed by atoms with Crippen LogP contribution in [0, 0.1) is 5.82 Å². The van der Waals surface area contributed by atoms with Crippen LogP contribution in [0.4, 0.5) is 4.39 Å². The maximum absolute atomic E-state index is 12.7. The highest BCUT2D eigenvalue weighted by Gasteiger charge is 2.14. The molecule has 1 nitrogen and oxygen atoms in total. The second-order valence-electron chi connectivity index (χ2n) is 3.86. The highest BCUT2D eigenvalue weighted by molar-refractivity contribution is 7.80. The van der Waals surface area contributed by atoms with E-state index < -0.39 is 0 Å². The van der Waals surface area contributed by atoms with Crippen LogP contribution in [0.5, 0.6) is 0 Å². The number of nitrogens with zero attached hydrogens (tertiary/aromatic N) is 1. The van der Waals surface area contributed by atoms with Crippen LogP contribution in [-0.4, -0.2) is 23.0 Å². The van der Waals surface area contributed by atoms with Gasteiger partial charge in [-0.05, 0) is 43.5 Å². The molecule has 0 aromatic heterocycles. The van der Waals surface area contributed by atoms with Gasteiger partial charge in [-0.25, -0.2) is 4.39 Å². The summed E-state index contributed by atoms with van der Waals surface area (Å²) in [5.74, 6) is -0.208. The average Bonchev–Trinajstić information content (AvgIpc) is 2.30. The number of likely N-dealkylation sites (tertiary alicyclic amines) is 1. The van der Waals surface area contributed by atoms with E-state index in [1.807, 2.05) is 0 Å². The number of hydrogen-bond acceptors (Lipinski definition) is 1. The van der Waals surface area contributed by atoms with E-state index in [1.165, 1.54) is 31.4 Å². The molecule has 1 aromatic rings. The van der Waals surface area contributed by atoms with E-state index >= 15 is 0 Å². The second kappa shape index (κ2) is 4.71. The number of piperidine rings is 1. The molecule has 0 aliphatic carbocycles. The molecule has 3 heteroatoms. The van der Waals surface area contributed by atoms with Gasteiger partial charge in [-0.2, -0.15) is 0 Å². The highest BCUT2D eigenvalue weighted by atomic mass is 32.1. The van der Waals surface area contributed by atoms with Crippen LogP contribution in [0.3, 0.4) is 0 Å². The molecule has 0 bridgehead atoms. The summed E-state index contributed by atoms with van der Waals surface area (Å²) in [5.41, 5.74) is 0.952. The van der Waals surface area contributed by atoms with Crippen molar-refractivity contribution in [3.63, 3.8) is 0 Å². The van der Waals surface area contributed by atoms with Crippen LogP contribution >= 0.6 is 12.2 Å². The molecule has 0 unspecified atom stereocenters. The Morgan fingerprint density at radius 1 is 1.07 bits per heavy atom. The molecule has 1 fully saturated rings. The lowest BCUT2D eigenvalue weighted by atomic mass is 10.1. The van der Waals surface area contributed by atoms with Gasteiger partial charge < -0.3 is 4.90 Å². The summed E-state index contributed by atoms with van der Waals surface area (Å²) < 4.78 is 12.7. The van der Waals surface area contributed by atoms with Gasteiger partial charge in [-0.15, -0.1) is 0 Å². The van der Waals surface area contributed by atoms with Crippen molar-refractivity contribution in [2.24, 2.45) is 0 Å². The Bertz CT molecular complexity index is 341. The van der Waals surface area contributed by atoms with Gasteiger partial charge in [-0.1, -0.05) is 12.2 Å². The number of hydrogen-bond donors (Lipinski definition) is 0. The summed E-state index contributed by atoms with van der Waals surface area (Å²) >= 11 is 5.39. The van der Waals surface area contributed by atoms with Crippen molar-refractivity contribution in [2.45, 2.75) is 19.3 Å². The fourth-order valence-electron chi connectivity index (χ4n) is 1.87. The molecule has 1 aromatic carbocycles. The minimum atomic E-state index is -0.208. The molecule has 2 rings (SSSR count). The van der Waals surface area contributed by atoms with Crippen molar-refractivity contribution in [3.05, 3.63) is 35.6 Å². The van der Waals surface area contributed by atoms with Gasteiger partial charge in [-0.3, -0.25) is 0 Å². The van der Waals surface area contributed by atoms with Crippen LogP contribution in [0.15, 0.2) is 24.3 Å². The van der Waals surface area contributed by atoms with Crippen molar-refractivity contribution >= 4 is 17.2 Å². The van der Waals surface area contributed by atoms with Crippen LogP contribution < -0.4 is 0 Å². The highest BCUT2D eigenvalue weighted by Crippen LogP contribution is 2.14. The van der Waals surface area contributed by atoms with E-state index in [-0.39, 0.29) is 5.82 Å².